The summed E-state index contributed by atoms with van der Waals surface area (Å²) in [6.45, 7) is 2.55. The van der Waals surface area contributed by atoms with Gasteiger partial charge in [-0.3, -0.25) is 0 Å². The highest BCUT2D eigenvalue weighted by Crippen LogP contribution is 2.17. The van der Waals surface area contributed by atoms with Gasteiger partial charge in [-0.25, -0.2) is 12.8 Å². The van der Waals surface area contributed by atoms with Crippen molar-refractivity contribution in [2.45, 2.75) is 13.5 Å². The van der Waals surface area contributed by atoms with E-state index in [1.54, 1.807) is 13.0 Å². The van der Waals surface area contributed by atoms with Gasteiger partial charge in [0, 0.05) is 23.3 Å². The predicted molar refractivity (Wildman–Crippen MR) is 70.1 cm³/mol. The number of sulfone groups is 1. The van der Waals surface area contributed by atoms with Crippen LogP contribution in [0.5, 0.6) is 0 Å². The van der Waals surface area contributed by atoms with Crippen molar-refractivity contribution in [2.24, 2.45) is 0 Å². The normalized spacial score (nSPS) is 11.7. The molecule has 0 spiro atoms. The highest BCUT2D eigenvalue weighted by atomic mass is 79.9. The second kappa shape index (κ2) is 6.47. The van der Waals surface area contributed by atoms with Crippen LogP contribution in [0.25, 0.3) is 0 Å². The molecule has 0 aliphatic carbocycles. The Morgan fingerprint density at radius 1 is 1.41 bits per heavy atom. The fraction of sp³-hybridized carbons (Fsp3) is 0.455. The molecule has 1 N–H and O–H groups in total. The molecule has 1 rings (SSSR count). The number of benzene rings is 1. The van der Waals surface area contributed by atoms with Gasteiger partial charge in [0.2, 0.25) is 0 Å². The van der Waals surface area contributed by atoms with Crippen LogP contribution < -0.4 is 5.32 Å². The maximum Gasteiger partial charge on any atom is 0.151 e. The molecule has 0 aromatic heterocycles. The molecule has 0 unspecified atom stereocenters. The van der Waals surface area contributed by atoms with Crippen molar-refractivity contribution >= 4 is 25.8 Å². The van der Waals surface area contributed by atoms with Gasteiger partial charge in [-0.2, -0.15) is 0 Å². The topological polar surface area (TPSA) is 46.2 Å². The van der Waals surface area contributed by atoms with Crippen molar-refractivity contribution in [3.05, 3.63) is 34.1 Å². The van der Waals surface area contributed by atoms with Crippen LogP contribution in [0.15, 0.2) is 22.7 Å². The lowest BCUT2D eigenvalue weighted by molar-refractivity contribution is 0.591. The van der Waals surface area contributed by atoms with Crippen LogP contribution in [-0.4, -0.2) is 26.5 Å². The van der Waals surface area contributed by atoms with Gasteiger partial charge in [-0.05, 0) is 17.7 Å². The van der Waals surface area contributed by atoms with E-state index >= 15 is 0 Å². The number of hydrogen-bond acceptors (Lipinski definition) is 3. The Kier molecular flexibility index (Phi) is 5.55. The molecule has 0 aliphatic rings. The Morgan fingerprint density at radius 2 is 2.12 bits per heavy atom. The zero-order chi connectivity index (χ0) is 12.9. The Balaban J connectivity index is 2.41. The largest absolute Gasteiger partial charge is 0.312 e. The summed E-state index contributed by atoms with van der Waals surface area (Å²) in [4.78, 5) is 0. The molecule has 1 aromatic carbocycles. The fourth-order valence-electron chi connectivity index (χ4n) is 1.26. The smallest absolute Gasteiger partial charge is 0.151 e. The SMILES string of the molecule is CCS(=O)(=O)CCNCc1ccc(F)cc1Br. The minimum atomic E-state index is -2.92. The molecule has 1 aromatic rings. The molecular formula is C11H15BrFNO2S. The number of rotatable bonds is 6. The summed E-state index contributed by atoms with van der Waals surface area (Å²) in [6.07, 6.45) is 0. The summed E-state index contributed by atoms with van der Waals surface area (Å²) in [6, 6.07) is 4.44. The zero-order valence-electron chi connectivity index (χ0n) is 9.54. The van der Waals surface area contributed by atoms with E-state index in [4.69, 9.17) is 0 Å². The minimum Gasteiger partial charge on any atom is -0.312 e. The Morgan fingerprint density at radius 3 is 2.71 bits per heavy atom. The summed E-state index contributed by atoms with van der Waals surface area (Å²) in [7, 11) is -2.92. The molecule has 0 atom stereocenters. The summed E-state index contributed by atoms with van der Waals surface area (Å²) >= 11 is 3.25. The molecule has 0 heterocycles. The quantitative estimate of drug-likeness (QED) is 0.816. The summed E-state index contributed by atoms with van der Waals surface area (Å²) in [5.74, 6) is -0.00813. The summed E-state index contributed by atoms with van der Waals surface area (Å²) < 4.78 is 35.9. The van der Waals surface area contributed by atoms with Gasteiger partial charge in [0.15, 0.2) is 9.84 Å². The highest BCUT2D eigenvalue weighted by molar-refractivity contribution is 9.10. The van der Waals surface area contributed by atoms with Crippen LogP contribution >= 0.6 is 15.9 Å². The molecule has 0 amide bonds. The third-order valence-corrected chi connectivity index (χ3v) is 4.80. The van der Waals surface area contributed by atoms with Crippen LogP contribution in [0.4, 0.5) is 4.39 Å². The van der Waals surface area contributed by atoms with Crippen LogP contribution in [0.2, 0.25) is 0 Å². The Labute approximate surface area is 109 Å². The molecule has 0 saturated carbocycles. The number of nitrogens with one attached hydrogen (secondary N) is 1. The highest BCUT2D eigenvalue weighted by Gasteiger charge is 2.06. The molecule has 96 valence electrons. The van der Waals surface area contributed by atoms with E-state index in [1.807, 2.05) is 0 Å². The van der Waals surface area contributed by atoms with Crippen molar-refractivity contribution in [3.8, 4) is 0 Å². The van der Waals surface area contributed by atoms with E-state index < -0.39 is 9.84 Å². The van der Waals surface area contributed by atoms with Gasteiger partial charge < -0.3 is 5.32 Å². The summed E-state index contributed by atoms with van der Waals surface area (Å²) in [5, 5.41) is 3.02. The van der Waals surface area contributed by atoms with Crippen molar-refractivity contribution in [3.63, 3.8) is 0 Å². The third-order valence-electron chi connectivity index (χ3n) is 2.36. The molecular weight excluding hydrogens is 309 g/mol. The number of halogens is 2. The Hall–Kier alpha value is -0.460. The standard InChI is InChI=1S/C11H15BrFNO2S/c1-2-17(15,16)6-5-14-8-9-3-4-10(13)7-11(9)12/h3-4,7,14H,2,5-6,8H2,1H3. The first-order valence-corrected chi connectivity index (χ1v) is 7.91. The van der Waals surface area contributed by atoms with E-state index in [-0.39, 0.29) is 17.3 Å². The van der Waals surface area contributed by atoms with Gasteiger partial charge in [0.05, 0.1) is 5.75 Å². The van der Waals surface area contributed by atoms with E-state index in [9.17, 15) is 12.8 Å². The van der Waals surface area contributed by atoms with Crippen molar-refractivity contribution < 1.29 is 12.8 Å². The van der Waals surface area contributed by atoms with Crippen molar-refractivity contribution in [1.29, 1.82) is 0 Å². The molecule has 0 radical (unpaired) electrons. The lowest BCUT2D eigenvalue weighted by Gasteiger charge is -2.07. The average molecular weight is 324 g/mol. The molecule has 0 bridgehead atoms. The van der Waals surface area contributed by atoms with E-state index in [2.05, 4.69) is 21.2 Å². The van der Waals surface area contributed by atoms with Crippen LogP contribution in [0.3, 0.4) is 0 Å². The van der Waals surface area contributed by atoms with Gasteiger partial charge in [0.25, 0.3) is 0 Å². The molecule has 0 saturated heterocycles. The Bertz CT molecular complexity index is 476. The second-order valence-corrected chi connectivity index (χ2v) is 6.98. The molecule has 3 nitrogen and oxygen atoms in total. The summed E-state index contributed by atoms with van der Waals surface area (Å²) in [5.41, 5.74) is 0.903. The minimum absolute atomic E-state index is 0.127. The molecule has 0 fully saturated rings. The second-order valence-electron chi connectivity index (χ2n) is 3.65. The lowest BCUT2D eigenvalue weighted by atomic mass is 10.2. The molecule has 6 heteroatoms. The van der Waals surface area contributed by atoms with E-state index in [1.165, 1.54) is 12.1 Å². The van der Waals surface area contributed by atoms with Crippen LogP contribution in [-0.2, 0) is 16.4 Å². The lowest BCUT2D eigenvalue weighted by Crippen LogP contribution is -2.23. The van der Waals surface area contributed by atoms with Crippen molar-refractivity contribution in [1.82, 2.24) is 5.32 Å². The first-order valence-electron chi connectivity index (χ1n) is 5.29. The first kappa shape index (κ1) is 14.6. The number of hydrogen-bond donors (Lipinski definition) is 1. The average Bonchev–Trinajstić information content (AvgIpc) is 2.27. The third kappa shape index (κ3) is 5.14. The maximum absolute atomic E-state index is 12.8. The van der Waals surface area contributed by atoms with E-state index in [0.717, 1.165) is 5.56 Å². The first-order chi connectivity index (χ1) is 7.94. The van der Waals surface area contributed by atoms with Gasteiger partial charge in [0.1, 0.15) is 5.82 Å². The van der Waals surface area contributed by atoms with Gasteiger partial charge >= 0.3 is 0 Å². The maximum atomic E-state index is 12.8. The predicted octanol–water partition coefficient (Wildman–Crippen LogP) is 2.11. The van der Waals surface area contributed by atoms with Gasteiger partial charge in [-0.1, -0.05) is 28.9 Å². The fourth-order valence-corrected chi connectivity index (χ4v) is 2.50. The van der Waals surface area contributed by atoms with Crippen LogP contribution in [0, 0.1) is 5.82 Å². The van der Waals surface area contributed by atoms with E-state index in [0.29, 0.717) is 17.6 Å². The molecule has 17 heavy (non-hydrogen) atoms. The molecule has 0 aliphatic heterocycles. The van der Waals surface area contributed by atoms with Gasteiger partial charge in [-0.15, -0.1) is 0 Å². The van der Waals surface area contributed by atoms with Crippen molar-refractivity contribution in [2.75, 3.05) is 18.1 Å². The van der Waals surface area contributed by atoms with Crippen LogP contribution in [0.1, 0.15) is 12.5 Å². The zero-order valence-corrected chi connectivity index (χ0v) is 11.9. The monoisotopic (exact) mass is 323 g/mol.